The normalized spacial score (nSPS) is 11.2. The van der Waals surface area contributed by atoms with Crippen LogP contribution in [-0.4, -0.2) is 33.4 Å². The highest BCUT2D eigenvalue weighted by Crippen LogP contribution is 2.28. The molecule has 0 amide bonds. The Kier molecular flexibility index (Phi) is 5.36. The molecule has 3 rings (SSSR count). The van der Waals surface area contributed by atoms with Crippen molar-refractivity contribution >= 4 is 23.6 Å². The summed E-state index contributed by atoms with van der Waals surface area (Å²) in [4.78, 5) is 3.59. The van der Waals surface area contributed by atoms with Crippen molar-refractivity contribution in [3.8, 4) is 17.1 Å². The Bertz CT molecular complexity index is 925. The lowest BCUT2D eigenvalue weighted by atomic mass is 10.2. The van der Waals surface area contributed by atoms with Gasteiger partial charge in [-0.3, -0.25) is 4.90 Å². The zero-order valence-electron chi connectivity index (χ0n) is 14.9. The Morgan fingerprint density at radius 3 is 2.72 bits per heavy atom. The van der Waals surface area contributed by atoms with E-state index in [0.717, 1.165) is 23.7 Å². The summed E-state index contributed by atoms with van der Waals surface area (Å²) < 4.78 is 9.94. The van der Waals surface area contributed by atoms with Gasteiger partial charge < -0.3 is 9.30 Å². The average Bonchev–Trinajstić information content (AvgIpc) is 3.13. The molecule has 0 N–H and O–H groups in total. The van der Waals surface area contributed by atoms with Crippen molar-refractivity contribution < 1.29 is 4.74 Å². The highest BCUT2D eigenvalue weighted by molar-refractivity contribution is 7.71. The molecule has 132 valence electrons. The molecule has 0 radical (unpaired) electrons. The van der Waals surface area contributed by atoms with E-state index in [2.05, 4.69) is 30.3 Å². The van der Waals surface area contributed by atoms with Crippen LogP contribution in [0.25, 0.3) is 11.4 Å². The Hall–Kier alpha value is -1.96. The van der Waals surface area contributed by atoms with Crippen LogP contribution >= 0.6 is 23.6 Å². The third kappa shape index (κ3) is 3.68. The summed E-state index contributed by atoms with van der Waals surface area (Å²) in [5.41, 5.74) is 2.27. The maximum atomic E-state index is 5.58. The van der Waals surface area contributed by atoms with Gasteiger partial charge in [0.15, 0.2) is 10.6 Å². The largest absolute Gasteiger partial charge is 0.496 e. The molecule has 0 fully saturated rings. The van der Waals surface area contributed by atoms with Crippen LogP contribution in [0.1, 0.15) is 10.4 Å². The molecule has 0 saturated carbocycles. The zero-order chi connectivity index (χ0) is 18.0. The third-order valence-electron chi connectivity index (χ3n) is 4.15. The summed E-state index contributed by atoms with van der Waals surface area (Å²) in [5.74, 6) is 1.60. The van der Waals surface area contributed by atoms with Gasteiger partial charge in [0, 0.05) is 18.5 Å². The van der Waals surface area contributed by atoms with Gasteiger partial charge in [-0.15, -0.1) is 11.3 Å². The number of thiophene rings is 1. The molecular formula is C18H22N4OS2. The second-order valence-electron chi connectivity index (χ2n) is 6.05. The van der Waals surface area contributed by atoms with E-state index in [0.29, 0.717) is 11.4 Å². The molecule has 7 heteroatoms. The summed E-state index contributed by atoms with van der Waals surface area (Å²) in [6.45, 7) is 3.66. The predicted octanol–water partition coefficient (Wildman–Crippen LogP) is 4.09. The number of benzene rings is 1. The van der Waals surface area contributed by atoms with Crippen molar-refractivity contribution in [1.82, 2.24) is 19.2 Å². The zero-order valence-corrected chi connectivity index (χ0v) is 16.5. The molecule has 0 bridgehead atoms. The molecule has 0 unspecified atom stereocenters. The van der Waals surface area contributed by atoms with Crippen molar-refractivity contribution in [2.24, 2.45) is 7.05 Å². The van der Waals surface area contributed by atoms with Gasteiger partial charge in [-0.2, -0.15) is 5.10 Å². The molecule has 3 aromatic rings. The Balaban J connectivity index is 1.86. The first kappa shape index (κ1) is 17.8. The topological polar surface area (TPSA) is 35.2 Å². The smallest absolute Gasteiger partial charge is 0.199 e. The van der Waals surface area contributed by atoms with Gasteiger partial charge >= 0.3 is 0 Å². The maximum absolute atomic E-state index is 5.58. The van der Waals surface area contributed by atoms with E-state index in [1.165, 1.54) is 10.4 Å². The Morgan fingerprint density at radius 1 is 1.28 bits per heavy atom. The minimum Gasteiger partial charge on any atom is -0.496 e. The van der Waals surface area contributed by atoms with Gasteiger partial charge in [-0.25, -0.2) is 4.68 Å². The van der Waals surface area contributed by atoms with Crippen LogP contribution in [0.4, 0.5) is 0 Å². The maximum Gasteiger partial charge on any atom is 0.199 e. The van der Waals surface area contributed by atoms with Gasteiger partial charge in [0.1, 0.15) is 5.75 Å². The number of methoxy groups -OCH3 is 1. The van der Waals surface area contributed by atoms with E-state index in [4.69, 9.17) is 22.1 Å². The molecule has 2 aromatic heterocycles. The first-order valence-corrected chi connectivity index (χ1v) is 9.28. The summed E-state index contributed by atoms with van der Waals surface area (Å²) in [5, 5.41) is 6.87. The molecule has 2 heterocycles. The van der Waals surface area contributed by atoms with Crippen molar-refractivity contribution in [2.75, 3.05) is 14.2 Å². The third-order valence-corrected chi connectivity index (χ3v) is 5.64. The minimum atomic E-state index is 0.638. The molecule has 25 heavy (non-hydrogen) atoms. The lowest BCUT2D eigenvalue weighted by Gasteiger charge is -2.15. The number of hydrogen-bond donors (Lipinski definition) is 0. The van der Waals surface area contributed by atoms with Crippen LogP contribution in [0, 0.1) is 11.7 Å². The number of aromatic nitrogens is 3. The quantitative estimate of drug-likeness (QED) is 0.609. The van der Waals surface area contributed by atoms with E-state index in [1.54, 1.807) is 18.4 Å². The number of nitrogens with zero attached hydrogens (tertiary/aromatic N) is 4. The fraction of sp³-hybridized carbons (Fsp3) is 0.333. The molecule has 0 aliphatic rings. The van der Waals surface area contributed by atoms with E-state index in [1.807, 2.05) is 40.6 Å². The number of para-hydroxylation sites is 1. The monoisotopic (exact) mass is 374 g/mol. The molecule has 0 aliphatic carbocycles. The van der Waals surface area contributed by atoms with Gasteiger partial charge in [0.25, 0.3) is 0 Å². The van der Waals surface area contributed by atoms with E-state index >= 15 is 0 Å². The van der Waals surface area contributed by atoms with Gasteiger partial charge in [0.2, 0.25) is 0 Å². The van der Waals surface area contributed by atoms with Crippen LogP contribution in [0.3, 0.4) is 0 Å². The Morgan fingerprint density at radius 2 is 2.04 bits per heavy atom. The van der Waals surface area contributed by atoms with Gasteiger partial charge in [0.05, 0.1) is 19.3 Å². The van der Waals surface area contributed by atoms with E-state index in [-0.39, 0.29) is 0 Å². The molecule has 0 atom stereocenters. The fourth-order valence-corrected chi connectivity index (χ4v) is 3.90. The van der Waals surface area contributed by atoms with Crippen molar-refractivity contribution in [1.29, 1.82) is 0 Å². The highest BCUT2D eigenvalue weighted by atomic mass is 32.1. The van der Waals surface area contributed by atoms with Gasteiger partial charge in [-0.05, 0) is 55.3 Å². The minimum absolute atomic E-state index is 0.638. The first-order valence-electron chi connectivity index (χ1n) is 8.00. The van der Waals surface area contributed by atoms with Gasteiger partial charge in [-0.1, -0.05) is 12.1 Å². The second kappa shape index (κ2) is 7.51. The molecule has 1 aromatic carbocycles. The number of rotatable bonds is 6. The number of aryl methyl sites for hydroxylation is 1. The van der Waals surface area contributed by atoms with Crippen LogP contribution in [0.15, 0.2) is 35.7 Å². The summed E-state index contributed by atoms with van der Waals surface area (Å²) >= 11 is 7.37. The Labute approximate surface area is 157 Å². The van der Waals surface area contributed by atoms with Crippen LogP contribution in [-0.2, 0) is 20.3 Å². The van der Waals surface area contributed by atoms with Crippen LogP contribution < -0.4 is 4.74 Å². The molecule has 5 nitrogen and oxygen atoms in total. The van der Waals surface area contributed by atoms with E-state index < -0.39 is 0 Å². The second-order valence-corrected chi connectivity index (χ2v) is 7.41. The summed E-state index contributed by atoms with van der Waals surface area (Å²) in [6.07, 6.45) is 0. The number of ether oxygens (including phenoxy) is 1. The van der Waals surface area contributed by atoms with E-state index in [9.17, 15) is 0 Å². The molecule has 0 saturated heterocycles. The van der Waals surface area contributed by atoms with Crippen molar-refractivity contribution in [3.63, 3.8) is 0 Å². The number of hydrogen-bond acceptors (Lipinski definition) is 5. The van der Waals surface area contributed by atoms with Crippen molar-refractivity contribution in [2.45, 2.75) is 20.1 Å². The molecule has 0 aliphatic heterocycles. The summed E-state index contributed by atoms with van der Waals surface area (Å²) in [6, 6.07) is 10.0. The highest BCUT2D eigenvalue weighted by Gasteiger charge is 2.15. The standard InChI is InChI=1S/C18H22N4OS2/c1-13-9-10-25-16(13)11-20(2)12-22-18(24)21(3)17(19-22)14-7-5-6-8-15(14)23-4/h5-10H,11-12H2,1-4H3. The average molecular weight is 375 g/mol. The predicted molar refractivity (Wildman–Crippen MR) is 105 cm³/mol. The first-order chi connectivity index (χ1) is 12.0. The fourth-order valence-electron chi connectivity index (χ4n) is 2.73. The van der Waals surface area contributed by atoms with Crippen LogP contribution in [0.2, 0.25) is 0 Å². The lowest BCUT2D eigenvalue weighted by molar-refractivity contribution is 0.245. The van der Waals surface area contributed by atoms with Crippen LogP contribution in [0.5, 0.6) is 5.75 Å². The summed E-state index contributed by atoms with van der Waals surface area (Å²) in [7, 11) is 5.69. The SMILES string of the molecule is COc1ccccc1-c1nn(CN(C)Cc2sccc2C)c(=S)n1C. The molecule has 0 spiro atoms. The molecular weight excluding hydrogens is 352 g/mol. The lowest BCUT2D eigenvalue weighted by Crippen LogP contribution is -2.22. The van der Waals surface area contributed by atoms with Crippen molar-refractivity contribution in [3.05, 3.63) is 50.9 Å².